The molecule has 3 rings (SSSR count). The van der Waals surface area contributed by atoms with Crippen LogP contribution in [0.25, 0.3) is 10.9 Å². The normalized spacial score (nSPS) is 10.7. The highest BCUT2D eigenvalue weighted by atomic mass is 19.1. The van der Waals surface area contributed by atoms with Crippen LogP contribution in [0.5, 0.6) is 0 Å². The first-order valence-corrected chi connectivity index (χ1v) is 6.28. The Morgan fingerprint density at radius 3 is 2.80 bits per heavy atom. The van der Waals surface area contributed by atoms with Crippen LogP contribution < -0.4 is 5.32 Å². The van der Waals surface area contributed by atoms with E-state index in [1.807, 2.05) is 24.3 Å². The number of carbonyl (C=O) groups is 1. The van der Waals surface area contributed by atoms with Crippen molar-refractivity contribution in [3.05, 3.63) is 65.6 Å². The van der Waals surface area contributed by atoms with Crippen LogP contribution in [0.1, 0.15) is 15.9 Å². The van der Waals surface area contributed by atoms with E-state index in [1.165, 1.54) is 12.1 Å². The second kappa shape index (κ2) is 4.81. The van der Waals surface area contributed by atoms with Crippen molar-refractivity contribution in [2.24, 2.45) is 0 Å². The number of aromatic amines is 1. The molecule has 2 N–H and O–H groups in total. The molecule has 2 aromatic carbocycles. The second-order valence-corrected chi connectivity index (χ2v) is 4.72. The Hall–Kier alpha value is -2.62. The minimum atomic E-state index is -0.362. The first kappa shape index (κ1) is 12.4. The van der Waals surface area contributed by atoms with Crippen molar-refractivity contribution >= 4 is 22.5 Å². The number of halogens is 1. The van der Waals surface area contributed by atoms with E-state index < -0.39 is 0 Å². The first-order valence-electron chi connectivity index (χ1n) is 6.28. The molecule has 1 aromatic heterocycles. The summed E-state index contributed by atoms with van der Waals surface area (Å²) in [5.41, 5.74) is 2.66. The second-order valence-electron chi connectivity index (χ2n) is 4.72. The van der Waals surface area contributed by atoms with E-state index in [0.717, 1.165) is 16.5 Å². The van der Waals surface area contributed by atoms with Gasteiger partial charge in [0, 0.05) is 22.8 Å². The molecule has 0 radical (unpaired) electrons. The summed E-state index contributed by atoms with van der Waals surface area (Å²) in [6.45, 7) is 1.78. The number of fused-ring (bicyclic) bond motifs is 1. The lowest BCUT2D eigenvalue weighted by molar-refractivity contribution is 0.102. The molecular weight excluding hydrogens is 255 g/mol. The van der Waals surface area contributed by atoms with Crippen LogP contribution in [0.4, 0.5) is 10.1 Å². The Bertz CT molecular complexity index is 772. The van der Waals surface area contributed by atoms with Crippen molar-refractivity contribution < 1.29 is 9.18 Å². The molecule has 20 heavy (non-hydrogen) atoms. The Labute approximate surface area is 115 Å². The summed E-state index contributed by atoms with van der Waals surface area (Å²) in [6, 6.07) is 12.0. The molecule has 0 fully saturated rings. The third-order valence-electron chi connectivity index (χ3n) is 3.13. The Balaban J connectivity index is 1.93. The number of para-hydroxylation sites is 1. The fourth-order valence-electron chi connectivity index (χ4n) is 2.27. The zero-order valence-electron chi connectivity index (χ0n) is 10.9. The van der Waals surface area contributed by atoms with Crippen molar-refractivity contribution in [2.75, 3.05) is 5.32 Å². The summed E-state index contributed by atoms with van der Waals surface area (Å²) in [5.74, 6) is -0.619. The number of aryl methyl sites for hydroxylation is 1. The van der Waals surface area contributed by atoms with Gasteiger partial charge in [0.2, 0.25) is 0 Å². The van der Waals surface area contributed by atoms with Crippen LogP contribution >= 0.6 is 0 Å². The van der Waals surface area contributed by atoms with Crippen LogP contribution in [-0.4, -0.2) is 10.9 Å². The van der Waals surface area contributed by atoms with Crippen LogP contribution in [0.3, 0.4) is 0 Å². The molecule has 0 atom stereocenters. The van der Waals surface area contributed by atoms with E-state index in [2.05, 4.69) is 10.3 Å². The fraction of sp³-hybridized carbons (Fsp3) is 0.0625. The number of hydrogen-bond acceptors (Lipinski definition) is 1. The van der Waals surface area contributed by atoms with E-state index in [9.17, 15) is 9.18 Å². The molecule has 0 aliphatic rings. The number of carbonyl (C=O) groups excluding carboxylic acids is 1. The Kier molecular flexibility index (Phi) is 2.99. The average molecular weight is 268 g/mol. The molecule has 0 bridgehead atoms. The molecule has 0 aliphatic carbocycles. The third kappa shape index (κ3) is 2.28. The van der Waals surface area contributed by atoms with Gasteiger partial charge in [0.1, 0.15) is 5.82 Å². The van der Waals surface area contributed by atoms with E-state index >= 15 is 0 Å². The Morgan fingerprint density at radius 1 is 1.20 bits per heavy atom. The highest BCUT2D eigenvalue weighted by Gasteiger charge is 2.12. The third-order valence-corrected chi connectivity index (χ3v) is 3.13. The molecule has 100 valence electrons. The monoisotopic (exact) mass is 268 g/mol. The van der Waals surface area contributed by atoms with Gasteiger partial charge in [0.05, 0.1) is 5.56 Å². The lowest BCUT2D eigenvalue weighted by Gasteiger charge is -2.05. The van der Waals surface area contributed by atoms with Gasteiger partial charge in [-0.3, -0.25) is 4.79 Å². The molecule has 0 unspecified atom stereocenters. The fourth-order valence-corrected chi connectivity index (χ4v) is 2.27. The SMILES string of the molecule is Cc1cc(F)cc(NC(=O)c2c[nH]c3ccccc23)c1. The predicted octanol–water partition coefficient (Wildman–Crippen LogP) is 3.87. The van der Waals surface area contributed by atoms with Gasteiger partial charge in [-0.15, -0.1) is 0 Å². The molecule has 3 aromatic rings. The summed E-state index contributed by atoms with van der Waals surface area (Å²) in [6.07, 6.45) is 1.66. The van der Waals surface area contributed by atoms with E-state index in [-0.39, 0.29) is 11.7 Å². The van der Waals surface area contributed by atoms with Crippen molar-refractivity contribution in [1.82, 2.24) is 4.98 Å². The van der Waals surface area contributed by atoms with Gasteiger partial charge in [-0.2, -0.15) is 0 Å². The van der Waals surface area contributed by atoms with Gasteiger partial charge in [0.15, 0.2) is 0 Å². The van der Waals surface area contributed by atoms with Crippen molar-refractivity contribution in [1.29, 1.82) is 0 Å². The summed E-state index contributed by atoms with van der Waals surface area (Å²) in [7, 11) is 0. The van der Waals surface area contributed by atoms with Gasteiger partial charge in [-0.25, -0.2) is 4.39 Å². The average Bonchev–Trinajstić information content (AvgIpc) is 2.81. The largest absolute Gasteiger partial charge is 0.360 e. The molecule has 1 amide bonds. The van der Waals surface area contributed by atoms with Crippen LogP contribution in [-0.2, 0) is 0 Å². The van der Waals surface area contributed by atoms with Gasteiger partial charge >= 0.3 is 0 Å². The summed E-state index contributed by atoms with van der Waals surface area (Å²) in [4.78, 5) is 15.3. The van der Waals surface area contributed by atoms with Crippen molar-refractivity contribution in [2.45, 2.75) is 6.92 Å². The predicted molar refractivity (Wildman–Crippen MR) is 77.4 cm³/mol. The maximum absolute atomic E-state index is 13.3. The maximum Gasteiger partial charge on any atom is 0.257 e. The van der Waals surface area contributed by atoms with E-state index in [4.69, 9.17) is 0 Å². The number of anilines is 1. The quantitative estimate of drug-likeness (QED) is 0.728. The number of hydrogen-bond donors (Lipinski definition) is 2. The summed E-state index contributed by atoms with van der Waals surface area (Å²) >= 11 is 0. The number of amides is 1. The molecule has 4 heteroatoms. The highest BCUT2D eigenvalue weighted by molar-refractivity contribution is 6.12. The number of rotatable bonds is 2. The molecule has 1 heterocycles. The topological polar surface area (TPSA) is 44.9 Å². The molecule has 0 aliphatic heterocycles. The highest BCUT2D eigenvalue weighted by Crippen LogP contribution is 2.20. The lowest BCUT2D eigenvalue weighted by atomic mass is 10.1. The molecule has 3 nitrogen and oxygen atoms in total. The van der Waals surface area contributed by atoms with Crippen LogP contribution in [0.15, 0.2) is 48.7 Å². The van der Waals surface area contributed by atoms with Crippen LogP contribution in [0.2, 0.25) is 0 Å². The number of H-pyrrole nitrogens is 1. The first-order chi connectivity index (χ1) is 9.63. The summed E-state index contributed by atoms with van der Waals surface area (Å²) in [5, 5.41) is 3.56. The zero-order chi connectivity index (χ0) is 14.1. The van der Waals surface area contributed by atoms with Gasteiger partial charge in [-0.05, 0) is 36.8 Å². The van der Waals surface area contributed by atoms with Gasteiger partial charge in [0.25, 0.3) is 5.91 Å². The number of benzene rings is 2. The maximum atomic E-state index is 13.3. The summed E-state index contributed by atoms with van der Waals surface area (Å²) < 4.78 is 13.3. The van der Waals surface area contributed by atoms with Gasteiger partial charge < -0.3 is 10.3 Å². The van der Waals surface area contributed by atoms with Gasteiger partial charge in [-0.1, -0.05) is 18.2 Å². The number of aromatic nitrogens is 1. The minimum Gasteiger partial charge on any atom is -0.360 e. The van der Waals surface area contributed by atoms with Crippen molar-refractivity contribution in [3.63, 3.8) is 0 Å². The Morgan fingerprint density at radius 2 is 2.00 bits per heavy atom. The minimum absolute atomic E-state index is 0.257. The van der Waals surface area contributed by atoms with E-state index in [0.29, 0.717) is 11.3 Å². The molecule has 0 spiro atoms. The zero-order valence-corrected chi connectivity index (χ0v) is 10.9. The molecule has 0 saturated carbocycles. The van der Waals surface area contributed by atoms with Crippen LogP contribution in [0, 0.1) is 12.7 Å². The smallest absolute Gasteiger partial charge is 0.257 e. The lowest BCUT2D eigenvalue weighted by Crippen LogP contribution is -2.11. The standard InChI is InChI=1S/C16H13FN2O/c1-10-6-11(17)8-12(7-10)19-16(20)14-9-18-15-5-3-2-4-13(14)15/h2-9,18H,1H3,(H,19,20). The van der Waals surface area contributed by atoms with Crippen molar-refractivity contribution in [3.8, 4) is 0 Å². The number of nitrogens with one attached hydrogen (secondary N) is 2. The van der Waals surface area contributed by atoms with E-state index in [1.54, 1.807) is 19.2 Å². The molecule has 0 saturated heterocycles. The molecular formula is C16H13FN2O.